The second-order valence-electron chi connectivity index (χ2n) is 7.36. The summed E-state index contributed by atoms with van der Waals surface area (Å²) in [5.74, 6) is 1.55. The highest BCUT2D eigenvalue weighted by molar-refractivity contribution is 5.80. The van der Waals surface area contributed by atoms with Gasteiger partial charge in [-0.3, -0.25) is 4.98 Å². The molecule has 2 aromatic carbocycles. The van der Waals surface area contributed by atoms with E-state index in [9.17, 15) is 0 Å². The lowest BCUT2D eigenvalue weighted by Crippen LogP contribution is -2.05. The fourth-order valence-electron chi connectivity index (χ4n) is 3.78. The number of nitrogens with zero attached hydrogens (tertiary/aromatic N) is 4. The largest absolute Gasteiger partial charge is 0.488 e. The molecule has 0 radical (unpaired) electrons. The third kappa shape index (κ3) is 4.48. The quantitative estimate of drug-likeness (QED) is 0.430. The minimum Gasteiger partial charge on any atom is -0.488 e. The van der Waals surface area contributed by atoms with E-state index in [1.165, 1.54) is 5.56 Å². The fourth-order valence-corrected chi connectivity index (χ4v) is 3.78. The summed E-state index contributed by atoms with van der Waals surface area (Å²) in [5, 5.41) is 14.5. The SMILES string of the molecule is CCc1cc(OCc2ccc(-c3ccccc3-c3nn[nH]n3)cc2)c(CC)c(CC)n1. The van der Waals surface area contributed by atoms with Gasteiger partial charge in [-0.15, -0.1) is 10.2 Å². The van der Waals surface area contributed by atoms with E-state index >= 15 is 0 Å². The van der Waals surface area contributed by atoms with Crippen LogP contribution in [0, 0.1) is 0 Å². The number of rotatable bonds is 8. The number of nitrogens with one attached hydrogen (secondary N) is 1. The fraction of sp³-hybridized carbons (Fsp3) is 0.280. The summed E-state index contributed by atoms with van der Waals surface area (Å²) in [6, 6.07) is 18.6. The molecule has 31 heavy (non-hydrogen) atoms. The van der Waals surface area contributed by atoms with Crippen LogP contribution in [-0.4, -0.2) is 25.6 Å². The van der Waals surface area contributed by atoms with Crippen molar-refractivity contribution in [3.05, 3.63) is 77.1 Å². The Balaban J connectivity index is 1.55. The van der Waals surface area contributed by atoms with Crippen molar-refractivity contribution < 1.29 is 4.74 Å². The van der Waals surface area contributed by atoms with Gasteiger partial charge in [-0.25, -0.2) is 0 Å². The Hall–Kier alpha value is -3.54. The number of aromatic nitrogens is 5. The molecular weight excluding hydrogens is 386 g/mol. The summed E-state index contributed by atoms with van der Waals surface area (Å²) in [6.07, 6.45) is 2.74. The third-order valence-corrected chi connectivity index (χ3v) is 5.45. The van der Waals surface area contributed by atoms with Crippen LogP contribution in [0.1, 0.15) is 43.3 Å². The number of hydrogen-bond donors (Lipinski definition) is 1. The molecule has 0 unspecified atom stereocenters. The normalized spacial score (nSPS) is 10.9. The van der Waals surface area contributed by atoms with E-state index in [4.69, 9.17) is 9.72 Å². The molecule has 6 heteroatoms. The summed E-state index contributed by atoms with van der Waals surface area (Å²) < 4.78 is 6.25. The molecule has 0 amide bonds. The Morgan fingerprint density at radius 1 is 0.871 bits per heavy atom. The second kappa shape index (κ2) is 9.51. The zero-order valence-electron chi connectivity index (χ0n) is 18.2. The third-order valence-electron chi connectivity index (χ3n) is 5.45. The molecule has 0 atom stereocenters. The molecule has 6 nitrogen and oxygen atoms in total. The first kappa shape index (κ1) is 20.7. The molecule has 0 saturated carbocycles. The van der Waals surface area contributed by atoms with Crippen LogP contribution in [0.25, 0.3) is 22.5 Å². The lowest BCUT2D eigenvalue weighted by atomic mass is 9.98. The van der Waals surface area contributed by atoms with Gasteiger partial charge in [0.15, 0.2) is 0 Å². The van der Waals surface area contributed by atoms with E-state index in [1.807, 2.05) is 18.2 Å². The van der Waals surface area contributed by atoms with Crippen molar-refractivity contribution in [1.82, 2.24) is 25.6 Å². The van der Waals surface area contributed by atoms with Crippen LogP contribution in [0.15, 0.2) is 54.6 Å². The highest BCUT2D eigenvalue weighted by Gasteiger charge is 2.12. The van der Waals surface area contributed by atoms with Crippen LogP contribution >= 0.6 is 0 Å². The summed E-state index contributed by atoms with van der Waals surface area (Å²) in [4.78, 5) is 4.77. The van der Waals surface area contributed by atoms with Crippen molar-refractivity contribution in [1.29, 1.82) is 0 Å². The predicted molar refractivity (Wildman–Crippen MR) is 122 cm³/mol. The molecular formula is C25H27N5O. The van der Waals surface area contributed by atoms with Gasteiger partial charge in [0.05, 0.1) is 0 Å². The van der Waals surface area contributed by atoms with Gasteiger partial charge in [0.2, 0.25) is 5.82 Å². The van der Waals surface area contributed by atoms with Crippen LogP contribution in [0.5, 0.6) is 5.75 Å². The van der Waals surface area contributed by atoms with E-state index in [1.54, 1.807) is 0 Å². The van der Waals surface area contributed by atoms with Crippen molar-refractivity contribution in [2.75, 3.05) is 0 Å². The number of aryl methyl sites for hydroxylation is 2. The van der Waals surface area contributed by atoms with Crippen LogP contribution in [0.4, 0.5) is 0 Å². The van der Waals surface area contributed by atoms with Crippen molar-refractivity contribution in [3.63, 3.8) is 0 Å². The molecule has 0 aliphatic rings. The summed E-state index contributed by atoms with van der Waals surface area (Å²) >= 11 is 0. The molecule has 2 heterocycles. The average Bonchev–Trinajstić information content (AvgIpc) is 3.37. The summed E-state index contributed by atoms with van der Waals surface area (Å²) in [6.45, 7) is 6.96. The number of ether oxygens (including phenoxy) is 1. The lowest BCUT2D eigenvalue weighted by Gasteiger charge is -2.15. The van der Waals surface area contributed by atoms with E-state index in [0.717, 1.165) is 58.7 Å². The number of pyridine rings is 1. The lowest BCUT2D eigenvalue weighted by molar-refractivity contribution is 0.302. The average molecular weight is 414 g/mol. The number of H-pyrrole nitrogens is 1. The molecule has 0 spiro atoms. The van der Waals surface area contributed by atoms with Gasteiger partial charge in [-0.05, 0) is 41.2 Å². The first-order valence-corrected chi connectivity index (χ1v) is 10.8. The molecule has 4 aromatic rings. The first-order chi connectivity index (χ1) is 15.2. The Bertz CT molecular complexity index is 1140. The van der Waals surface area contributed by atoms with Crippen molar-refractivity contribution >= 4 is 0 Å². The Labute approximate surface area is 182 Å². The molecule has 0 fully saturated rings. The zero-order chi connectivity index (χ0) is 21.6. The van der Waals surface area contributed by atoms with Crippen LogP contribution in [0.2, 0.25) is 0 Å². The van der Waals surface area contributed by atoms with E-state index < -0.39 is 0 Å². The van der Waals surface area contributed by atoms with Crippen LogP contribution in [-0.2, 0) is 25.9 Å². The maximum absolute atomic E-state index is 6.25. The van der Waals surface area contributed by atoms with Crippen molar-refractivity contribution in [2.24, 2.45) is 0 Å². The Morgan fingerprint density at radius 3 is 2.29 bits per heavy atom. The van der Waals surface area contributed by atoms with Crippen molar-refractivity contribution in [2.45, 2.75) is 46.6 Å². The molecule has 0 bridgehead atoms. The van der Waals surface area contributed by atoms with Gasteiger partial charge in [0.1, 0.15) is 12.4 Å². The van der Waals surface area contributed by atoms with E-state index in [0.29, 0.717) is 12.4 Å². The maximum Gasteiger partial charge on any atom is 0.205 e. The number of aromatic amines is 1. The Kier molecular flexibility index (Phi) is 6.36. The molecule has 1 N–H and O–H groups in total. The highest BCUT2D eigenvalue weighted by Crippen LogP contribution is 2.30. The van der Waals surface area contributed by atoms with Crippen LogP contribution in [0.3, 0.4) is 0 Å². The second-order valence-corrected chi connectivity index (χ2v) is 7.36. The highest BCUT2D eigenvalue weighted by atomic mass is 16.5. The minimum absolute atomic E-state index is 0.524. The topological polar surface area (TPSA) is 76.6 Å². The van der Waals surface area contributed by atoms with Gasteiger partial charge < -0.3 is 4.74 Å². The van der Waals surface area contributed by atoms with Crippen molar-refractivity contribution in [3.8, 4) is 28.3 Å². The molecule has 2 aromatic heterocycles. The molecule has 0 aliphatic heterocycles. The zero-order valence-corrected chi connectivity index (χ0v) is 18.2. The number of tetrazole rings is 1. The number of benzene rings is 2. The smallest absolute Gasteiger partial charge is 0.205 e. The van der Waals surface area contributed by atoms with Crippen LogP contribution < -0.4 is 4.74 Å². The molecule has 158 valence electrons. The summed E-state index contributed by atoms with van der Waals surface area (Å²) in [7, 11) is 0. The molecule has 4 rings (SSSR count). The maximum atomic E-state index is 6.25. The van der Waals surface area contributed by atoms with Gasteiger partial charge in [0.25, 0.3) is 0 Å². The first-order valence-electron chi connectivity index (χ1n) is 10.8. The minimum atomic E-state index is 0.524. The molecule has 0 saturated heterocycles. The standard InChI is InChI=1S/C25H27N5O/c1-4-19-15-24(20(5-2)23(6-3)26-19)31-16-17-11-13-18(14-12-17)21-9-7-8-10-22(21)25-27-29-30-28-25/h7-15H,4-6,16H2,1-3H3,(H,27,28,29,30). The predicted octanol–water partition coefficient (Wildman–Crippen LogP) is 5.19. The molecule has 0 aliphatic carbocycles. The van der Waals surface area contributed by atoms with Gasteiger partial charge >= 0.3 is 0 Å². The number of hydrogen-bond acceptors (Lipinski definition) is 5. The monoisotopic (exact) mass is 413 g/mol. The van der Waals surface area contributed by atoms with Gasteiger partial charge in [-0.1, -0.05) is 69.3 Å². The van der Waals surface area contributed by atoms with E-state index in [2.05, 4.69) is 77.8 Å². The van der Waals surface area contributed by atoms with Gasteiger partial charge in [0, 0.05) is 28.6 Å². The van der Waals surface area contributed by atoms with E-state index in [-0.39, 0.29) is 0 Å². The Morgan fingerprint density at radius 2 is 1.65 bits per heavy atom. The summed E-state index contributed by atoms with van der Waals surface area (Å²) in [5.41, 5.74) is 7.68. The van der Waals surface area contributed by atoms with Gasteiger partial charge in [-0.2, -0.15) is 5.21 Å².